The van der Waals surface area contributed by atoms with Gasteiger partial charge in [0.25, 0.3) is 0 Å². The third kappa shape index (κ3) is 22.7. The van der Waals surface area contributed by atoms with E-state index in [4.69, 9.17) is 42.3 Å². The van der Waals surface area contributed by atoms with Crippen LogP contribution in [0.15, 0.2) is 146 Å². The molecule has 0 aliphatic carbocycles. The summed E-state index contributed by atoms with van der Waals surface area (Å²) in [5.74, 6) is 2.38. The van der Waals surface area contributed by atoms with E-state index in [0.717, 1.165) is 45.1 Å². The van der Waals surface area contributed by atoms with Crippen molar-refractivity contribution in [1.29, 1.82) is 0 Å². The predicted molar refractivity (Wildman–Crippen MR) is 257 cm³/mol. The van der Waals surface area contributed by atoms with Crippen LogP contribution in [0, 0.1) is 20.5 Å². The molecule has 6 N–H and O–H groups in total. The van der Waals surface area contributed by atoms with Gasteiger partial charge in [-0.25, -0.2) is 57.2 Å². The molecule has 0 bridgehead atoms. The Morgan fingerprint density at radius 2 is 0.688 bits per heavy atom. The fourth-order valence-electron chi connectivity index (χ4n) is 6.15. The minimum Gasteiger partial charge on any atom is -0.507 e. The van der Waals surface area contributed by atoms with Crippen molar-refractivity contribution in [2.24, 2.45) is 0 Å². The summed E-state index contributed by atoms with van der Waals surface area (Å²) in [6, 6.07) is 45.3. The van der Waals surface area contributed by atoms with Crippen LogP contribution in [-0.2, 0) is 31.5 Å². The Balaban J connectivity index is 0.000000294. The van der Waals surface area contributed by atoms with Crippen LogP contribution in [0.5, 0.6) is 11.5 Å². The number of pyridine rings is 2. The molecule has 0 saturated heterocycles. The van der Waals surface area contributed by atoms with Crippen LogP contribution in [0.25, 0.3) is 90.4 Å². The molecule has 402 valence electrons. The number of imidazole rings is 2. The molecule has 77 heavy (non-hydrogen) atoms. The normalized spacial score (nSPS) is 10.4. The van der Waals surface area contributed by atoms with Gasteiger partial charge in [-0.05, 0) is 126 Å². The number of para-hydroxylation sites is 6. The summed E-state index contributed by atoms with van der Waals surface area (Å²) in [5, 5.41) is 34.7. The number of phenols is 2. The Labute approximate surface area is 454 Å². The second-order valence-corrected chi connectivity index (χ2v) is 17.4. The number of nitrogens with one attached hydrogen (secondary N) is 4. The van der Waals surface area contributed by atoms with Crippen molar-refractivity contribution in [3.8, 4) is 79.8 Å². The average molecular weight is 1140 g/mol. The number of aromatic amines is 4. The van der Waals surface area contributed by atoms with Gasteiger partial charge in [0.2, 0.25) is 0 Å². The molecule has 0 fully saturated rings. The van der Waals surface area contributed by atoms with E-state index in [-0.39, 0.29) is 45.9 Å². The second kappa shape index (κ2) is 29.9. The number of halogens is 2. The SMILES string of the molecule is CC(C)=O.CC(C)=O.CC(C)=O.Oc1ccccc1-c1cc(-c2cccc(-c3cc(-c4ccccc4O)[nH]n3)n2)n[nH]1.[Fe+2].[O-][Cl+3]([O-])([O-])[O-].[O-][Cl+3]([O-])([O-])[O-].c1cc(-c2nc3ccccc3[nH]2)nc(-c2nc3ccccc3[nH]2)c1. The standard InChI is InChI=1S/C23H17N5O2.C19H13N5.3C3H6O.2ClHO4.Fe/c29-22-10-3-1-6-14(22)18-12-20(27-25-18)16-8-5-9-17(24-16)21-13-19(26-28-21)15-7-2-4-11-23(15)30;1-2-7-13-12(6-1)21-18(22-13)16-10-5-11-17(20-16)19-23-14-8-3-4-9-15(14)24-19;3*1-3(2)4;2*2-1(3,4)5;/h1-13,29-30H,(H,25,27)(H,26,28);1-11H,(H,21,22)(H,23,24);3*1-2H3;2*(H,2,3,4,5);/q;;;;;;;+2/p-2. The van der Waals surface area contributed by atoms with E-state index in [2.05, 4.69) is 45.3 Å². The third-order valence-corrected chi connectivity index (χ3v) is 8.83. The fraction of sp³-hybridized carbons (Fsp3) is 0.118. The van der Waals surface area contributed by atoms with Crippen LogP contribution < -0.4 is 37.3 Å². The molecule has 10 rings (SSSR count). The molecule has 6 aromatic heterocycles. The van der Waals surface area contributed by atoms with Crippen molar-refractivity contribution < 1.29 is 99.4 Å². The summed E-state index contributed by atoms with van der Waals surface area (Å²) in [4.78, 5) is 53.6. The Kier molecular flexibility index (Phi) is 24.5. The summed E-state index contributed by atoms with van der Waals surface area (Å²) in [7, 11) is -9.89. The smallest absolute Gasteiger partial charge is 0.507 e. The van der Waals surface area contributed by atoms with E-state index >= 15 is 0 Å². The summed E-state index contributed by atoms with van der Waals surface area (Å²) < 4.78 is 67.9. The number of hydrogen-bond acceptors (Lipinski definition) is 19. The molecule has 0 atom stereocenters. The number of hydrogen-bond donors (Lipinski definition) is 6. The van der Waals surface area contributed by atoms with Gasteiger partial charge in [0.15, 0.2) is 11.6 Å². The Morgan fingerprint density at radius 3 is 1.01 bits per heavy atom. The van der Waals surface area contributed by atoms with Gasteiger partial charge in [0.05, 0.1) is 44.8 Å². The molecule has 0 saturated carbocycles. The third-order valence-electron chi connectivity index (χ3n) is 8.83. The van der Waals surface area contributed by atoms with Crippen LogP contribution in [0.2, 0.25) is 0 Å². The molecule has 0 unspecified atom stereocenters. The molecule has 0 aliphatic heterocycles. The number of aromatic hydroxyl groups is 2. The van der Waals surface area contributed by atoms with Gasteiger partial charge in [-0.15, -0.1) is 20.5 Å². The van der Waals surface area contributed by atoms with E-state index in [9.17, 15) is 24.6 Å². The zero-order valence-corrected chi connectivity index (χ0v) is 44.2. The number of rotatable bonds is 6. The summed E-state index contributed by atoms with van der Waals surface area (Å²) in [5.41, 5.74) is 10.9. The molecule has 23 nitrogen and oxygen atoms in total. The molecule has 6 heterocycles. The molecule has 4 aromatic carbocycles. The number of aromatic nitrogens is 10. The molecule has 0 amide bonds. The first kappa shape index (κ1) is 63.2. The number of benzene rings is 4. The summed E-state index contributed by atoms with van der Waals surface area (Å²) in [6.45, 7) is 9.17. The van der Waals surface area contributed by atoms with E-state index in [1.807, 2.05) is 121 Å². The molecule has 0 aliphatic rings. The fourth-order valence-corrected chi connectivity index (χ4v) is 6.15. The minimum absolute atomic E-state index is 0. The first-order valence-corrected chi connectivity index (χ1v) is 24.4. The molecule has 0 spiro atoms. The Hall–Kier alpha value is -8.07. The van der Waals surface area contributed by atoms with Crippen LogP contribution in [0.3, 0.4) is 0 Å². The van der Waals surface area contributed by atoms with Gasteiger partial charge in [-0.2, -0.15) is 10.2 Å². The number of Topliss-reactive ketones (excluding diaryl/α,β-unsaturated/α-hetero) is 3. The van der Waals surface area contributed by atoms with Gasteiger partial charge >= 0.3 is 17.1 Å². The number of nitrogens with zero attached hydrogens (tertiary/aromatic N) is 6. The van der Waals surface area contributed by atoms with Crippen molar-refractivity contribution in [2.45, 2.75) is 41.5 Å². The average Bonchev–Trinajstić information content (AvgIpc) is 4.18. The van der Waals surface area contributed by atoms with Crippen molar-refractivity contribution in [1.82, 2.24) is 50.3 Å². The van der Waals surface area contributed by atoms with Crippen molar-refractivity contribution >= 4 is 39.4 Å². The van der Waals surface area contributed by atoms with Crippen molar-refractivity contribution in [3.63, 3.8) is 0 Å². The number of H-pyrrole nitrogens is 4. The topological polar surface area (TPSA) is 417 Å². The molecule has 0 radical (unpaired) electrons. The van der Waals surface area contributed by atoms with Crippen LogP contribution in [-0.4, -0.2) is 77.9 Å². The first-order valence-electron chi connectivity index (χ1n) is 21.9. The first-order chi connectivity index (χ1) is 35.7. The molecular weight excluding hydrogens is 1090 g/mol. The molecule has 26 heteroatoms. The Bertz CT molecular complexity index is 3160. The van der Waals surface area contributed by atoms with E-state index < -0.39 is 20.5 Å². The van der Waals surface area contributed by atoms with Crippen LogP contribution in [0.1, 0.15) is 41.5 Å². The second-order valence-electron chi connectivity index (χ2n) is 15.9. The minimum atomic E-state index is -4.94. The van der Waals surface area contributed by atoms with Gasteiger partial charge in [0, 0.05) is 11.1 Å². The summed E-state index contributed by atoms with van der Waals surface area (Å²) in [6.07, 6.45) is 0. The molecular formula is C51H48Cl2FeN10O13. The largest absolute Gasteiger partial charge is 2.00 e. The number of carbonyl (C=O) groups is 3. The monoisotopic (exact) mass is 1130 g/mol. The maximum atomic E-state index is 10.1. The van der Waals surface area contributed by atoms with Crippen LogP contribution >= 0.6 is 0 Å². The van der Waals surface area contributed by atoms with Gasteiger partial charge in [-0.1, -0.05) is 60.7 Å². The van der Waals surface area contributed by atoms with Gasteiger partial charge in [0.1, 0.15) is 51.6 Å². The Morgan fingerprint density at radius 1 is 0.403 bits per heavy atom. The van der Waals surface area contributed by atoms with Crippen molar-refractivity contribution in [3.05, 3.63) is 146 Å². The quantitative estimate of drug-likeness (QED) is 0.127. The summed E-state index contributed by atoms with van der Waals surface area (Å²) >= 11 is 0. The van der Waals surface area contributed by atoms with E-state index in [0.29, 0.717) is 45.3 Å². The maximum Gasteiger partial charge on any atom is 2.00 e. The number of phenolic OH excluding ortho intramolecular Hbond substituents is 2. The maximum absolute atomic E-state index is 10.1. The zero-order chi connectivity index (χ0) is 56.2. The molecule has 10 aromatic rings. The van der Waals surface area contributed by atoms with E-state index in [1.165, 1.54) is 41.5 Å². The zero-order valence-electron chi connectivity index (χ0n) is 41.5. The van der Waals surface area contributed by atoms with E-state index in [1.54, 1.807) is 24.3 Å². The van der Waals surface area contributed by atoms with Gasteiger partial charge < -0.3 is 34.6 Å². The van der Waals surface area contributed by atoms with Crippen LogP contribution in [0.4, 0.5) is 0 Å². The van der Waals surface area contributed by atoms with Crippen molar-refractivity contribution in [2.75, 3.05) is 0 Å². The number of carbonyl (C=O) groups excluding carboxylic acids is 3. The number of ketones is 3. The number of fused-ring (bicyclic) bond motifs is 2. The van der Waals surface area contributed by atoms with Gasteiger partial charge in [-0.3, -0.25) is 10.2 Å². The predicted octanol–water partition coefficient (Wildman–Crippen LogP) is 1.05.